The number of hydrogen-bond donors (Lipinski definition) is 0. The first-order chi connectivity index (χ1) is 14.7. The van der Waals surface area contributed by atoms with E-state index in [4.69, 9.17) is 9.47 Å². The van der Waals surface area contributed by atoms with Gasteiger partial charge < -0.3 is 9.47 Å². The SMILES string of the molecule is COc1ccc(C(=O)OCc2cn(-c3ccccc3)nc2-c2ccccc2)c(F)c1. The number of carbonyl (C=O) groups is 1. The highest BCUT2D eigenvalue weighted by molar-refractivity contribution is 5.90. The van der Waals surface area contributed by atoms with Crippen LogP contribution in [-0.2, 0) is 11.3 Å². The molecule has 3 aromatic carbocycles. The fraction of sp³-hybridized carbons (Fsp3) is 0.0833. The molecule has 1 heterocycles. The maximum Gasteiger partial charge on any atom is 0.341 e. The van der Waals surface area contributed by atoms with Gasteiger partial charge in [-0.2, -0.15) is 5.10 Å². The molecule has 0 atom stereocenters. The lowest BCUT2D eigenvalue weighted by molar-refractivity contribution is 0.0468. The van der Waals surface area contributed by atoms with Crippen molar-refractivity contribution < 1.29 is 18.7 Å². The van der Waals surface area contributed by atoms with Gasteiger partial charge in [0.1, 0.15) is 18.2 Å². The number of halogens is 1. The summed E-state index contributed by atoms with van der Waals surface area (Å²) in [5.74, 6) is -1.11. The predicted octanol–water partition coefficient (Wildman–Crippen LogP) is 5.04. The molecule has 0 aliphatic heterocycles. The van der Waals surface area contributed by atoms with E-state index >= 15 is 0 Å². The molecule has 30 heavy (non-hydrogen) atoms. The minimum Gasteiger partial charge on any atom is -0.497 e. The number of rotatable bonds is 6. The summed E-state index contributed by atoms with van der Waals surface area (Å²) in [7, 11) is 1.43. The first-order valence-electron chi connectivity index (χ1n) is 9.36. The number of esters is 1. The fourth-order valence-electron chi connectivity index (χ4n) is 3.08. The minimum atomic E-state index is -0.748. The Bertz CT molecular complexity index is 1160. The van der Waals surface area contributed by atoms with Crippen LogP contribution in [0.4, 0.5) is 4.39 Å². The van der Waals surface area contributed by atoms with Gasteiger partial charge in [0, 0.05) is 23.4 Å². The number of aromatic nitrogens is 2. The van der Waals surface area contributed by atoms with E-state index in [0.29, 0.717) is 17.0 Å². The van der Waals surface area contributed by atoms with Crippen molar-refractivity contribution in [3.63, 3.8) is 0 Å². The van der Waals surface area contributed by atoms with Gasteiger partial charge >= 0.3 is 5.97 Å². The van der Waals surface area contributed by atoms with Gasteiger partial charge in [0.25, 0.3) is 0 Å². The Balaban J connectivity index is 1.61. The Morgan fingerprint density at radius 2 is 1.70 bits per heavy atom. The first-order valence-corrected chi connectivity index (χ1v) is 9.36. The van der Waals surface area contributed by atoms with Crippen LogP contribution in [0, 0.1) is 5.82 Å². The molecule has 0 aliphatic rings. The van der Waals surface area contributed by atoms with Crippen molar-refractivity contribution >= 4 is 5.97 Å². The van der Waals surface area contributed by atoms with Crippen molar-refractivity contribution in [1.82, 2.24) is 9.78 Å². The Kier molecular flexibility index (Phi) is 5.57. The average Bonchev–Trinajstić information content (AvgIpc) is 3.23. The molecule has 0 aliphatic carbocycles. The van der Waals surface area contributed by atoms with Gasteiger partial charge in [-0.15, -0.1) is 0 Å². The molecule has 0 amide bonds. The first kappa shape index (κ1) is 19.4. The number of ether oxygens (including phenoxy) is 2. The zero-order chi connectivity index (χ0) is 20.9. The van der Waals surface area contributed by atoms with E-state index in [9.17, 15) is 9.18 Å². The molecular formula is C24H19FN2O3. The summed E-state index contributed by atoms with van der Waals surface area (Å²) in [5.41, 5.74) is 3.05. The highest BCUT2D eigenvalue weighted by Gasteiger charge is 2.17. The molecule has 150 valence electrons. The van der Waals surface area contributed by atoms with Gasteiger partial charge in [0.05, 0.1) is 24.1 Å². The maximum absolute atomic E-state index is 14.2. The highest BCUT2D eigenvalue weighted by Crippen LogP contribution is 2.25. The standard InChI is InChI=1S/C24H19FN2O3/c1-29-20-12-13-21(22(25)14-20)24(28)30-16-18-15-27(19-10-6-3-7-11-19)26-23(18)17-8-4-2-5-9-17/h2-15H,16H2,1H3. The Morgan fingerprint density at radius 3 is 2.37 bits per heavy atom. The summed E-state index contributed by atoms with van der Waals surface area (Å²) in [5, 5.41) is 4.68. The normalized spacial score (nSPS) is 10.6. The molecule has 1 aromatic heterocycles. The summed E-state index contributed by atoms with van der Waals surface area (Å²) < 4.78 is 26.3. The van der Waals surface area contributed by atoms with Crippen LogP contribution in [0.2, 0.25) is 0 Å². The van der Waals surface area contributed by atoms with Crippen LogP contribution >= 0.6 is 0 Å². The zero-order valence-electron chi connectivity index (χ0n) is 16.3. The van der Waals surface area contributed by atoms with Crippen LogP contribution in [-0.4, -0.2) is 22.9 Å². The Labute approximate surface area is 173 Å². The van der Waals surface area contributed by atoms with Crippen LogP contribution in [0.3, 0.4) is 0 Å². The van der Waals surface area contributed by atoms with Crippen molar-refractivity contribution in [3.05, 3.63) is 102 Å². The Morgan fingerprint density at radius 1 is 1.00 bits per heavy atom. The topological polar surface area (TPSA) is 53.4 Å². The largest absolute Gasteiger partial charge is 0.497 e. The van der Waals surface area contributed by atoms with Crippen LogP contribution in [0.1, 0.15) is 15.9 Å². The van der Waals surface area contributed by atoms with Gasteiger partial charge in [-0.25, -0.2) is 13.9 Å². The van der Waals surface area contributed by atoms with Crippen molar-refractivity contribution in [1.29, 1.82) is 0 Å². The van der Waals surface area contributed by atoms with Crippen LogP contribution in [0.25, 0.3) is 16.9 Å². The number of nitrogens with zero attached hydrogens (tertiary/aromatic N) is 2. The second-order valence-corrected chi connectivity index (χ2v) is 6.57. The van der Waals surface area contributed by atoms with Gasteiger partial charge in [-0.1, -0.05) is 48.5 Å². The molecule has 0 saturated carbocycles. The third-order valence-corrected chi connectivity index (χ3v) is 4.61. The molecule has 0 N–H and O–H groups in total. The zero-order valence-corrected chi connectivity index (χ0v) is 16.3. The van der Waals surface area contributed by atoms with E-state index in [-0.39, 0.29) is 12.2 Å². The molecule has 6 heteroatoms. The summed E-state index contributed by atoms with van der Waals surface area (Å²) in [6.07, 6.45) is 1.81. The number of benzene rings is 3. The van der Waals surface area contributed by atoms with Gasteiger partial charge in [0.15, 0.2) is 0 Å². The molecular weight excluding hydrogens is 383 g/mol. The van der Waals surface area contributed by atoms with E-state index in [1.807, 2.05) is 66.9 Å². The maximum atomic E-state index is 14.2. The molecule has 0 saturated heterocycles. The average molecular weight is 402 g/mol. The predicted molar refractivity (Wildman–Crippen MR) is 111 cm³/mol. The van der Waals surface area contributed by atoms with Crippen molar-refractivity contribution in [2.75, 3.05) is 7.11 Å². The van der Waals surface area contributed by atoms with Gasteiger partial charge in [-0.3, -0.25) is 0 Å². The molecule has 4 aromatic rings. The summed E-state index contributed by atoms with van der Waals surface area (Å²) in [6.45, 7) is -0.0403. The fourth-order valence-corrected chi connectivity index (χ4v) is 3.08. The van der Waals surface area contributed by atoms with E-state index in [0.717, 1.165) is 17.3 Å². The summed E-state index contributed by atoms with van der Waals surface area (Å²) in [4.78, 5) is 12.4. The van der Waals surface area contributed by atoms with Crippen molar-refractivity contribution in [2.24, 2.45) is 0 Å². The van der Waals surface area contributed by atoms with Gasteiger partial charge in [0.2, 0.25) is 0 Å². The summed E-state index contributed by atoms with van der Waals surface area (Å²) >= 11 is 0. The van der Waals surface area contributed by atoms with E-state index in [2.05, 4.69) is 5.10 Å². The number of hydrogen-bond acceptors (Lipinski definition) is 4. The number of carbonyl (C=O) groups excluding carboxylic acids is 1. The lowest BCUT2D eigenvalue weighted by Crippen LogP contribution is -2.08. The third kappa shape index (κ3) is 4.07. The van der Waals surface area contributed by atoms with Crippen molar-refractivity contribution in [3.8, 4) is 22.7 Å². The monoisotopic (exact) mass is 402 g/mol. The smallest absolute Gasteiger partial charge is 0.341 e. The lowest BCUT2D eigenvalue weighted by atomic mass is 10.1. The van der Waals surface area contributed by atoms with Gasteiger partial charge in [-0.05, 0) is 24.3 Å². The molecule has 0 radical (unpaired) electrons. The molecule has 4 rings (SSSR count). The summed E-state index contributed by atoms with van der Waals surface area (Å²) in [6, 6.07) is 23.3. The van der Waals surface area contributed by atoms with Crippen LogP contribution < -0.4 is 4.74 Å². The lowest BCUT2D eigenvalue weighted by Gasteiger charge is -2.07. The van der Waals surface area contributed by atoms with E-state index < -0.39 is 11.8 Å². The highest BCUT2D eigenvalue weighted by atomic mass is 19.1. The quantitative estimate of drug-likeness (QED) is 0.424. The van der Waals surface area contributed by atoms with E-state index in [1.165, 1.54) is 19.2 Å². The van der Waals surface area contributed by atoms with Crippen LogP contribution in [0.5, 0.6) is 5.75 Å². The number of methoxy groups -OCH3 is 1. The van der Waals surface area contributed by atoms with Crippen LogP contribution in [0.15, 0.2) is 85.1 Å². The van der Waals surface area contributed by atoms with Crippen molar-refractivity contribution in [2.45, 2.75) is 6.61 Å². The number of para-hydroxylation sites is 1. The minimum absolute atomic E-state index is 0.0403. The third-order valence-electron chi connectivity index (χ3n) is 4.61. The molecule has 0 spiro atoms. The second-order valence-electron chi connectivity index (χ2n) is 6.57. The Hall–Kier alpha value is -3.93. The van der Waals surface area contributed by atoms with E-state index in [1.54, 1.807) is 4.68 Å². The molecule has 0 fully saturated rings. The molecule has 0 unspecified atom stereocenters. The molecule has 5 nitrogen and oxygen atoms in total. The second kappa shape index (κ2) is 8.61. The molecule has 0 bridgehead atoms.